The van der Waals surface area contributed by atoms with Crippen molar-refractivity contribution in [3.05, 3.63) is 28.4 Å². The lowest BCUT2D eigenvalue weighted by molar-refractivity contribution is 0.0383. The highest BCUT2D eigenvalue weighted by Crippen LogP contribution is 2.32. The second-order valence-corrected chi connectivity index (χ2v) is 6.13. The molecule has 0 aliphatic carbocycles. The number of morpholine rings is 1. The molecule has 6 nitrogen and oxygen atoms in total. The molecule has 124 valence electrons. The van der Waals surface area contributed by atoms with Crippen LogP contribution in [0.3, 0.4) is 0 Å². The Bertz CT molecular complexity index is 695. The summed E-state index contributed by atoms with van der Waals surface area (Å²) in [5, 5.41) is 3.78. The van der Waals surface area contributed by atoms with E-state index >= 15 is 0 Å². The molecule has 0 unspecified atom stereocenters. The molecule has 23 heavy (non-hydrogen) atoms. The summed E-state index contributed by atoms with van der Waals surface area (Å²) in [6.45, 7) is 4.76. The van der Waals surface area contributed by atoms with Gasteiger partial charge in [0.1, 0.15) is 11.3 Å². The van der Waals surface area contributed by atoms with Crippen molar-refractivity contribution in [2.45, 2.75) is 0 Å². The molecule has 0 radical (unpaired) electrons. The minimum Gasteiger partial charge on any atom is -0.496 e. The highest BCUT2D eigenvalue weighted by molar-refractivity contribution is 9.10. The summed E-state index contributed by atoms with van der Waals surface area (Å²) in [5.74, 6) is 0.487. The molecule has 1 N–H and O–H groups in total. The minimum absolute atomic E-state index is 0.133. The Balaban J connectivity index is 1.65. The van der Waals surface area contributed by atoms with E-state index in [-0.39, 0.29) is 5.91 Å². The van der Waals surface area contributed by atoms with Gasteiger partial charge in [-0.1, -0.05) is 0 Å². The summed E-state index contributed by atoms with van der Waals surface area (Å²) in [7, 11) is 1.58. The van der Waals surface area contributed by atoms with Gasteiger partial charge in [-0.15, -0.1) is 0 Å². The third-order valence-electron chi connectivity index (χ3n) is 3.87. The van der Waals surface area contributed by atoms with Crippen molar-refractivity contribution in [2.75, 3.05) is 46.5 Å². The number of nitrogens with zero attached hydrogens (tertiary/aromatic N) is 1. The highest BCUT2D eigenvalue weighted by Gasteiger charge is 2.15. The third kappa shape index (κ3) is 3.85. The Kier molecular flexibility index (Phi) is 5.20. The normalized spacial score (nSPS) is 15.7. The molecule has 2 heterocycles. The van der Waals surface area contributed by atoms with Crippen LogP contribution in [0.25, 0.3) is 11.0 Å². The first-order chi connectivity index (χ1) is 11.2. The summed E-state index contributed by atoms with van der Waals surface area (Å²) < 4.78 is 16.8. The van der Waals surface area contributed by atoms with Crippen LogP contribution in [0.1, 0.15) is 10.4 Å². The maximum absolute atomic E-state index is 12.3. The molecule has 1 fully saturated rings. The molecule has 1 aromatic heterocycles. The van der Waals surface area contributed by atoms with Crippen LogP contribution in [-0.2, 0) is 4.74 Å². The fourth-order valence-corrected chi connectivity index (χ4v) is 3.03. The van der Waals surface area contributed by atoms with Crippen molar-refractivity contribution in [1.29, 1.82) is 0 Å². The number of rotatable bonds is 5. The number of furan rings is 1. The number of halogens is 1. The minimum atomic E-state index is -0.133. The van der Waals surface area contributed by atoms with Crippen molar-refractivity contribution in [1.82, 2.24) is 10.2 Å². The Morgan fingerprint density at radius 3 is 2.87 bits per heavy atom. The van der Waals surface area contributed by atoms with Crippen molar-refractivity contribution in [3.8, 4) is 5.75 Å². The molecule has 0 atom stereocenters. The van der Waals surface area contributed by atoms with Crippen molar-refractivity contribution in [2.24, 2.45) is 0 Å². The molecular formula is C16H19BrN2O4. The zero-order chi connectivity index (χ0) is 16.2. The quantitative estimate of drug-likeness (QED) is 0.858. The lowest BCUT2D eigenvalue weighted by atomic mass is 10.1. The number of hydrogen-bond donors (Lipinski definition) is 1. The van der Waals surface area contributed by atoms with Crippen LogP contribution < -0.4 is 10.1 Å². The SMILES string of the molecule is COc1cc(C(=O)NCCN2CCOCC2)cc2oc(Br)cc12. The molecule has 3 rings (SSSR count). The van der Waals surface area contributed by atoms with Crippen molar-refractivity contribution < 1.29 is 18.7 Å². The highest BCUT2D eigenvalue weighted by atomic mass is 79.9. The van der Waals surface area contributed by atoms with Gasteiger partial charge in [-0.05, 0) is 28.1 Å². The number of benzene rings is 1. The van der Waals surface area contributed by atoms with Gasteiger partial charge in [0.05, 0.1) is 25.7 Å². The third-order valence-corrected chi connectivity index (χ3v) is 4.26. The topological polar surface area (TPSA) is 63.9 Å². The number of hydrogen-bond acceptors (Lipinski definition) is 5. The van der Waals surface area contributed by atoms with Crippen LogP contribution in [-0.4, -0.2) is 57.3 Å². The molecule has 1 aromatic carbocycles. The predicted molar refractivity (Wildman–Crippen MR) is 90.1 cm³/mol. The Morgan fingerprint density at radius 1 is 1.35 bits per heavy atom. The second kappa shape index (κ2) is 7.33. The van der Waals surface area contributed by atoms with Gasteiger partial charge >= 0.3 is 0 Å². The number of nitrogens with one attached hydrogen (secondary N) is 1. The molecule has 0 spiro atoms. The van der Waals surface area contributed by atoms with Gasteiger partial charge in [0.2, 0.25) is 0 Å². The van der Waals surface area contributed by atoms with Gasteiger partial charge in [-0.3, -0.25) is 9.69 Å². The van der Waals surface area contributed by atoms with E-state index in [0.29, 0.717) is 28.1 Å². The monoisotopic (exact) mass is 382 g/mol. The van der Waals surface area contributed by atoms with E-state index in [2.05, 4.69) is 26.1 Å². The van der Waals surface area contributed by atoms with E-state index in [0.717, 1.165) is 38.2 Å². The van der Waals surface area contributed by atoms with Crippen LogP contribution in [0.2, 0.25) is 0 Å². The molecule has 1 saturated heterocycles. The summed E-state index contributed by atoms with van der Waals surface area (Å²) in [6.07, 6.45) is 0. The summed E-state index contributed by atoms with van der Waals surface area (Å²) >= 11 is 3.30. The van der Waals surface area contributed by atoms with Gasteiger partial charge < -0.3 is 19.2 Å². The van der Waals surface area contributed by atoms with Crippen LogP contribution >= 0.6 is 15.9 Å². The van der Waals surface area contributed by atoms with E-state index in [1.54, 1.807) is 19.2 Å². The number of methoxy groups -OCH3 is 1. The zero-order valence-electron chi connectivity index (χ0n) is 12.9. The van der Waals surface area contributed by atoms with Gasteiger partial charge in [-0.2, -0.15) is 0 Å². The Hall–Kier alpha value is -1.57. The first-order valence-electron chi connectivity index (χ1n) is 7.53. The molecular weight excluding hydrogens is 364 g/mol. The van der Waals surface area contributed by atoms with E-state index in [1.807, 2.05) is 6.07 Å². The summed E-state index contributed by atoms with van der Waals surface area (Å²) in [5.41, 5.74) is 1.15. The van der Waals surface area contributed by atoms with E-state index in [4.69, 9.17) is 13.9 Å². The molecule has 1 aliphatic heterocycles. The lowest BCUT2D eigenvalue weighted by Gasteiger charge is -2.26. The molecule has 0 saturated carbocycles. The molecule has 1 aliphatic rings. The van der Waals surface area contributed by atoms with Crippen molar-refractivity contribution >= 4 is 32.8 Å². The second-order valence-electron chi connectivity index (χ2n) is 5.35. The van der Waals surface area contributed by atoms with E-state index < -0.39 is 0 Å². The number of ether oxygens (including phenoxy) is 2. The lowest BCUT2D eigenvalue weighted by Crippen LogP contribution is -2.41. The number of carbonyl (C=O) groups excluding carboxylic acids is 1. The van der Waals surface area contributed by atoms with Gasteiger partial charge in [-0.25, -0.2) is 0 Å². The molecule has 1 amide bonds. The largest absolute Gasteiger partial charge is 0.496 e. The van der Waals surface area contributed by atoms with Crippen LogP contribution in [0.4, 0.5) is 0 Å². The standard InChI is InChI=1S/C16H19BrN2O4/c1-21-13-8-11(9-14-12(13)10-15(17)23-14)16(20)18-2-3-19-4-6-22-7-5-19/h8-10H,2-7H2,1H3,(H,18,20). The van der Waals surface area contributed by atoms with Crippen LogP contribution in [0, 0.1) is 0 Å². The average molecular weight is 383 g/mol. The number of carbonyl (C=O) groups is 1. The first kappa shape index (κ1) is 16.3. The molecule has 7 heteroatoms. The maximum Gasteiger partial charge on any atom is 0.251 e. The average Bonchev–Trinajstić information content (AvgIpc) is 2.95. The van der Waals surface area contributed by atoms with E-state index in [9.17, 15) is 4.79 Å². The fraction of sp³-hybridized carbons (Fsp3) is 0.438. The molecule has 0 bridgehead atoms. The van der Waals surface area contributed by atoms with E-state index in [1.165, 1.54) is 0 Å². The Morgan fingerprint density at radius 2 is 2.13 bits per heavy atom. The smallest absolute Gasteiger partial charge is 0.251 e. The zero-order valence-corrected chi connectivity index (χ0v) is 14.5. The van der Waals surface area contributed by atoms with Crippen molar-refractivity contribution in [3.63, 3.8) is 0 Å². The molecule has 2 aromatic rings. The predicted octanol–water partition coefficient (Wildman–Crippen LogP) is 2.27. The fourth-order valence-electron chi connectivity index (χ4n) is 2.63. The number of fused-ring (bicyclic) bond motifs is 1. The number of amides is 1. The van der Waals surface area contributed by atoms with Crippen LogP contribution in [0.5, 0.6) is 5.75 Å². The van der Waals surface area contributed by atoms with Gasteiger partial charge in [0.15, 0.2) is 4.67 Å². The maximum atomic E-state index is 12.3. The van der Waals surface area contributed by atoms with Gasteiger partial charge in [0.25, 0.3) is 5.91 Å². The van der Waals surface area contributed by atoms with Gasteiger partial charge in [0, 0.05) is 37.8 Å². The summed E-state index contributed by atoms with van der Waals surface area (Å²) in [6, 6.07) is 5.29. The van der Waals surface area contributed by atoms with Crippen LogP contribution in [0.15, 0.2) is 27.3 Å². The summed E-state index contributed by atoms with van der Waals surface area (Å²) in [4.78, 5) is 14.6. The first-order valence-corrected chi connectivity index (χ1v) is 8.32. The Labute approximate surface area is 142 Å².